The van der Waals surface area contributed by atoms with Crippen molar-refractivity contribution in [1.82, 2.24) is 0 Å². The molecule has 8 aliphatic rings. The van der Waals surface area contributed by atoms with E-state index in [9.17, 15) is 10.2 Å². The Morgan fingerprint density at radius 1 is 0.552 bits per heavy atom. The maximum absolute atomic E-state index is 11.2. The van der Waals surface area contributed by atoms with Crippen LogP contribution < -0.4 is 0 Å². The monoisotopic (exact) mass is 392 g/mol. The highest BCUT2D eigenvalue weighted by Gasteiger charge is 2.52. The number of phenolic OH excluding ortho intramolecular Hbond substituents is 2. The van der Waals surface area contributed by atoms with E-state index in [1.54, 1.807) is 0 Å². The molecule has 8 fully saturated rings. The van der Waals surface area contributed by atoms with Crippen LogP contribution >= 0.6 is 0 Å². The van der Waals surface area contributed by atoms with Gasteiger partial charge in [0.2, 0.25) is 0 Å². The molecule has 0 heterocycles. The predicted octanol–water partition coefficient (Wildman–Crippen LogP) is 6.49. The van der Waals surface area contributed by atoms with E-state index in [-0.39, 0.29) is 0 Å². The van der Waals surface area contributed by atoms with Gasteiger partial charge in [-0.15, -0.1) is 0 Å². The molecule has 0 spiro atoms. The minimum Gasteiger partial charge on any atom is -0.507 e. The fourth-order valence-corrected chi connectivity index (χ4v) is 10.2. The second-order valence-corrected chi connectivity index (χ2v) is 12.3. The van der Waals surface area contributed by atoms with Crippen LogP contribution in [0.25, 0.3) is 0 Å². The first-order valence-electron chi connectivity index (χ1n) is 12.6. The van der Waals surface area contributed by atoms with Gasteiger partial charge in [0.15, 0.2) is 0 Å². The molecule has 0 aliphatic heterocycles. The third kappa shape index (κ3) is 2.41. The second kappa shape index (κ2) is 5.95. The lowest BCUT2D eigenvalue weighted by Gasteiger charge is -2.56. The molecule has 0 aromatic heterocycles. The minimum absolute atomic E-state index is 0.424. The van der Waals surface area contributed by atoms with Crippen LogP contribution in [0.4, 0.5) is 0 Å². The van der Waals surface area contributed by atoms with Crippen molar-refractivity contribution in [2.45, 2.75) is 83.0 Å². The Kier molecular flexibility index (Phi) is 3.59. The fourth-order valence-electron chi connectivity index (χ4n) is 10.2. The van der Waals surface area contributed by atoms with E-state index in [2.05, 4.69) is 6.07 Å². The van der Waals surface area contributed by atoms with E-state index in [0.29, 0.717) is 23.3 Å². The summed E-state index contributed by atoms with van der Waals surface area (Å²) >= 11 is 0. The molecule has 2 N–H and O–H groups in total. The van der Waals surface area contributed by atoms with Gasteiger partial charge in [-0.3, -0.25) is 0 Å². The molecule has 0 radical (unpaired) electrons. The van der Waals surface area contributed by atoms with Crippen molar-refractivity contribution in [3.05, 3.63) is 22.8 Å². The SMILES string of the molecule is Cc1c(O)c(C2C3CC4CC(C3)CC2C4)cc(C2C3CC4CC(C3)CC2C4)c1O. The third-order valence-corrected chi connectivity index (χ3v) is 10.7. The Morgan fingerprint density at radius 3 is 1.17 bits per heavy atom. The van der Waals surface area contributed by atoms with Gasteiger partial charge in [-0.05, 0) is 148 Å². The summed E-state index contributed by atoms with van der Waals surface area (Å²) in [5.41, 5.74) is 3.20. The molecular weight excluding hydrogens is 356 g/mol. The van der Waals surface area contributed by atoms with Gasteiger partial charge in [-0.25, -0.2) is 0 Å². The number of benzene rings is 1. The standard InChI is InChI=1S/C27H36O2/c1-13-26(28)22(24-18-4-14-2-15(6-18)7-19(24)5-14)12-23(27(13)29)25-20-8-16-3-17(10-20)11-21(25)9-16/h12,14-21,24-25,28-29H,2-11H2,1H3. The molecule has 0 amide bonds. The highest BCUT2D eigenvalue weighted by Crippen LogP contribution is 2.64. The Labute approximate surface area is 175 Å². The maximum atomic E-state index is 11.2. The zero-order valence-corrected chi connectivity index (χ0v) is 17.8. The molecule has 1 aromatic carbocycles. The largest absolute Gasteiger partial charge is 0.507 e. The van der Waals surface area contributed by atoms with E-state index in [4.69, 9.17) is 0 Å². The van der Waals surface area contributed by atoms with Gasteiger partial charge >= 0.3 is 0 Å². The Balaban J connectivity index is 1.31. The van der Waals surface area contributed by atoms with Gasteiger partial charge in [0.25, 0.3) is 0 Å². The average molecular weight is 393 g/mol. The fraction of sp³-hybridized carbons (Fsp3) is 0.778. The van der Waals surface area contributed by atoms with Gasteiger partial charge in [-0.1, -0.05) is 0 Å². The van der Waals surface area contributed by atoms with Crippen LogP contribution in [0.5, 0.6) is 11.5 Å². The number of phenols is 2. The van der Waals surface area contributed by atoms with Crippen molar-refractivity contribution < 1.29 is 10.2 Å². The molecule has 2 nitrogen and oxygen atoms in total. The highest BCUT2D eigenvalue weighted by atomic mass is 16.3. The molecule has 1 aromatic rings. The average Bonchev–Trinajstić information content (AvgIpc) is 2.67. The summed E-state index contributed by atoms with van der Waals surface area (Å²) < 4.78 is 0. The molecular formula is C27H36O2. The van der Waals surface area contributed by atoms with Gasteiger partial charge in [0, 0.05) is 5.56 Å². The van der Waals surface area contributed by atoms with Crippen LogP contribution in [0.15, 0.2) is 6.07 Å². The lowest BCUT2D eigenvalue weighted by atomic mass is 9.49. The lowest BCUT2D eigenvalue weighted by molar-refractivity contribution is -0.00596. The van der Waals surface area contributed by atoms with E-state index < -0.39 is 0 Å². The molecule has 8 bridgehead atoms. The molecule has 9 rings (SSSR count). The second-order valence-electron chi connectivity index (χ2n) is 12.3. The Hall–Kier alpha value is -1.18. The summed E-state index contributed by atoms with van der Waals surface area (Å²) in [5.74, 6) is 8.84. The van der Waals surface area contributed by atoms with E-state index in [1.807, 2.05) is 6.92 Å². The van der Waals surface area contributed by atoms with Crippen LogP contribution in [0.1, 0.15) is 92.7 Å². The first-order chi connectivity index (χ1) is 14.0. The molecule has 8 saturated carbocycles. The number of hydrogen-bond donors (Lipinski definition) is 2. The zero-order chi connectivity index (χ0) is 19.4. The van der Waals surface area contributed by atoms with Crippen molar-refractivity contribution in [3.8, 4) is 11.5 Å². The number of rotatable bonds is 2. The molecule has 29 heavy (non-hydrogen) atoms. The molecule has 156 valence electrons. The molecule has 0 atom stereocenters. The predicted molar refractivity (Wildman–Crippen MR) is 114 cm³/mol. The van der Waals surface area contributed by atoms with E-state index in [0.717, 1.165) is 52.9 Å². The van der Waals surface area contributed by atoms with Gasteiger partial charge in [0.05, 0.1) is 0 Å². The van der Waals surface area contributed by atoms with Gasteiger partial charge in [-0.2, -0.15) is 0 Å². The Morgan fingerprint density at radius 2 is 0.862 bits per heavy atom. The van der Waals surface area contributed by atoms with E-state index >= 15 is 0 Å². The Bertz CT molecular complexity index is 732. The summed E-state index contributed by atoms with van der Waals surface area (Å²) in [7, 11) is 0. The quantitative estimate of drug-likeness (QED) is 0.604. The van der Waals surface area contributed by atoms with Crippen LogP contribution in [-0.2, 0) is 0 Å². The number of aromatic hydroxyl groups is 2. The first kappa shape index (κ1) is 17.5. The summed E-state index contributed by atoms with van der Waals surface area (Å²) in [6, 6.07) is 2.33. The molecule has 2 heteroatoms. The van der Waals surface area contributed by atoms with Gasteiger partial charge in [0.1, 0.15) is 11.5 Å². The first-order valence-corrected chi connectivity index (χ1v) is 12.6. The molecule has 0 unspecified atom stereocenters. The van der Waals surface area contributed by atoms with Crippen LogP contribution in [0.2, 0.25) is 0 Å². The van der Waals surface area contributed by atoms with Crippen LogP contribution in [0, 0.1) is 54.3 Å². The summed E-state index contributed by atoms with van der Waals surface area (Å²) in [4.78, 5) is 0. The smallest absolute Gasteiger partial charge is 0.125 e. The van der Waals surface area contributed by atoms with Crippen molar-refractivity contribution >= 4 is 0 Å². The van der Waals surface area contributed by atoms with Crippen LogP contribution in [-0.4, -0.2) is 10.2 Å². The van der Waals surface area contributed by atoms with Crippen molar-refractivity contribution in [2.75, 3.05) is 0 Å². The normalized spacial score (nSPS) is 49.1. The van der Waals surface area contributed by atoms with Crippen LogP contribution in [0.3, 0.4) is 0 Å². The van der Waals surface area contributed by atoms with E-state index in [1.165, 1.54) is 75.3 Å². The van der Waals surface area contributed by atoms with Gasteiger partial charge < -0.3 is 10.2 Å². The summed E-state index contributed by atoms with van der Waals surface area (Å²) in [6.45, 7) is 1.96. The van der Waals surface area contributed by atoms with Crippen molar-refractivity contribution in [2.24, 2.45) is 47.3 Å². The summed E-state index contributed by atoms with van der Waals surface area (Å²) in [5, 5.41) is 22.4. The van der Waals surface area contributed by atoms with Crippen molar-refractivity contribution in [1.29, 1.82) is 0 Å². The minimum atomic E-state index is 0.424. The maximum Gasteiger partial charge on any atom is 0.125 e. The topological polar surface area (TPSA) is 40.5 Å². The zero-order valence-electron chi connectivity index (χ0n) is 17.8. The highest BCUT2D eigenvalue weighted by molar-refractivity contribution is 5.56. The molecule has 8 aliphatic carbocycles. The molecule has 0 saturated heterocycles. The third-order valence-electron chi connectivity index (χ3n) is 10.7. The number of hydrogen-bond acceptors (Lipinski definition) is 2. The van der Waals surface area contributed by atoms with Crippen molar-refractivity contribution in [3.63, 3.8) is 0 Å². The lowest BCUT2D eigenvalue weighted by Crippen LogP contribution is -2.44. The summed E-state index contributed by atoms with van der Waals surface area (Å²) in [6.07, 6.45) is 14.0.